The van der Waals surface area contributed by atoms with Crippen LogP contribution in [-0.2, 0) is 22.4 Å². The number of amides is 2. The molecule has 2 N–H and O–H groups in total. The monoisotopic (exact) mass is 337 g/mol. The molecule has 2 aliphatic rings. The molecule has 1 aromatic carbocycles. The molecule has 3 heterocycles. The van der Waals surface area contributed by atoms with Gasteiger partial charge in [0.2, 0.25) is 11.8 Å². The molecule has 2 amide bonds. The van der Waals surface area contributed by atoms with E-state index in [0.717, 1.165) is 49.2 Å². The van der Waals surface area contributed by atoms with Crippen molar-refractivity contribution in [2.45, 2.75) is 44.6 Å². The Labute approximate surface area is 147 Å². The number of nitrogens with one attached hydrogen (secondary N) is 2. The van der Waals surface area contributed by atoms with E-state index < -0.39 is 0 Å². The molecule has 2 aromatic rings. The summed E-state index contributed by atoms with van der Waals surface area (Å²) in [6.07, 6.45) is 6.78. The predicted octanol–water partition coefficient (Wildman–Crippen LogP) is 3.20. The highest BCUT2D eigenvalue weighted by Crippen LogP contribution is 2.31. The van der Waals surface area contributed by atoms with Gasteiger partial charge >= 0.3 is 0 Å². The molecule has 1 saturated heterocycles. The van der Waals surface area contributed by atoms with Crippen LogP contribution in [-0.4, -0.2) is 28.2 Å². The second-order valence-corrected chi connectivity index (χ2v) is 6.94. The van der Waals surface area contributed by atoms with Gasteiger partial charge < -0.3 is 15.2 Å². The van der Waals surface area contributed by atoms with Crippen LogP contribution in [0.1, 0.15) is 48.5 Å². The fourth-order valence-corrected chi connectivity index (χ4v) is 3.97. The molecule has 0 bridgehead atoms. The Morgan fingerprint density at radius 1 is 1.28 bits per heavy atom. The maximum absolute atomic E-state index is 12.6. The minimum atomic E-state index is 0.0618. The van der Waals surface area contributed by atoms with Gasteiger partial charge in [-0.25, -0.2) is 0 Å². The molecule has 5 heteroatoms. The third-order valence-corrected chi connectivity index (χ3v) is 5.20. The van der Waals surface area contributed by atoms with Gasteiger partial charge in [0.05, 0.1) is 12.5 Å². The number of aromatic nitrogens is 1. The fraction of sp³-hybridized carbons (Fsp3) is 0.400. The fourth-order valence-electron chi connectivity index (χ4n) is 3.97. The topological polar surface area (TPSA) is 65.2 Å². The molecule has 2 aliphatic heterocycles. The Morgan fingerprint density at radius 3 is 3.04 bits per heavy atom. The van der Waals surface area contributed by atoms with Crippen molar-refractivity contribution in [3.8, 4) is 0 Å². The minimum Gasteiger partial charge on any atom is -0.363 e. The van der Waals surface area contributed by atoms with Gasteiger partial charge in [0.25, 0.3) is 0 Å². The van der Waals surface area contributed by atoms with Crippen LogP contribution in [0.2, 0.25) is 0 Å². The lowest BCUT2D eigenvalue weighted by Crippen LogP contribution is -2.30. The van der Waals surface area contributed by atoms with Gasteiger partial charge in [0, 0.05) is 30.5 Å². The number of carbonyl (C=O) groups excluding carboxylic acids is 2. The number of hydrogen-bond donors (Lipinski definition) is 2. The van der Waals surface area contributed by atoms with Crippen LogP contribution in [0.25, 0.3) is 0 Å². The summed E-state index contributed by atoms with van der Waals surface area (Å²) in [7, 11) is 0. The third kappa shape index (κ3) is 3.31. The molecule has 1 fully saturated rings. The first-order chi connectivity index (χ1) is 12.2. The van der Waals surface area contributed by atoms with Gasteiger partial charge in [-0.05, 0) is 55.0 Å². The molecule has 0 saturated carbocycles. The molecule has 130 valence electrons. The Hall–Kier alpha value is -2.56. The number of carbonyl (C=O) groups is 2. The van der Waals surface area contributed by atoms with Crippen molar-refractivity contribution < 1.29 is 9.59 Å². The molecular weight excluding hydrogens is 314 g/mol. The lowest BCUT2D eigenvalue weighted by Gasteiger charge is -2.24. The summed E-state index contributed by atoms with van der Waals surface area (Å²) in [4.78, 5) is 29.3. The predicted molar refractivity (Wildman–Crippen MR) is 96.2 cm³/mol. The van der Waals surface area contributed by atoms with Crippen LogP contribution in [0.4, 0.5) is 5.69 Å². The highest BCUT2D eigenvalue weighted by atomic mass is 16.2. The molecule has 0 unspecified atom stereocenters. The number of aromatic amines is 1. The zero-order valence-electron chi connectivity index (χ0n) is 14.3. The highest BCUT2D eigenvalue weighted by molar-refractivity contribution is 5.99. The van der Waals surface area contributed by atoms with E-state index in [2.05, 4.69) is 22.4 Å². The van der Waals surface area contributed by atoms with Crippen LogP contribution in [0.5, 0.6) is 0 Å². The summed E-state index contributed by atoms with van der Waals surface area (Å²) < 4.78 is 0. The van der Waals surface area contributed by atoms with E-state index in [1.807, 2.05) is 29.3 Å². The first-order valence-corrected chi connectivity index (χ1v) is 9.05. The number of aryl methyl sites for hydroxylation is 1. The maximum Gasteiger partial charge on any atom is 0.228 e. The Bertz CT molecular complexity index is 782. The number of hydrogen-bond acceptors (Lipinski definition) is 2. The smallest absolute Gasteiger partial charge is 0.228 e. The normalized spacial score (nSPS) is 19.1. The Morgan fingerprint density at radius 2 is 2.20 bits per heavy atom. The van der Waals surface area contributed by atoms with Crippen molar-refractivity contribution in [1.29, 1.82) is 0 Å². The largest absolute Gasteiger partial charge is 0.363 e. The Balaban J connectivity index is 1.32. The van der Waals surface area contributed by atoms with Crippen molar-refractivity contribution in [3.63, 3.8) is 0 Å². The molecular formula is C20H23N3O2. The molecule has 1 atom stereocenters. The molecule has 5 nitrogen and oxygen atoms in total. The first-order valence-electron chi connectivity index (χ1n) is 9.05. The summed E-state index contributed by atoms with van der Waals surface area (Å²) in [5.74, 6) is 0.307. The van der Waals surface area contributed by atoms with Crippen molar-refractivity contribution in [2.75, 3.05) is 11.9 Å². The van der Waals surface area contributed by atoms with Crippen molar-refractivity contribution in [2.24, 2.45) is 0 Å². The molecule has 4 rings (SSSR count). The van der Waals surface area contributed by atoms with Gasteiger partial charge in [-0.2, -0.15) is 0 Å². The number of nitrogens with zero attached hydrogens (tertiary/aromatic N) is 1. The lowest BCUT2D eigenvalue weighted by molar-refractivity contribution is -0.132. The number of likely N-dealkylation sites (tertiary alicyclic amines) is 1. The van der Waals surface area contributed by atoms with Crippen LogP contribution in [0, 0.1) is 0 Å². The van der Waals surface area contributed by atoms with Crippen LogP contribution >= 0.6 is 0 Å². The minimum absolute atomic E-state index is 0.0618. The number of anilines is 1. The first kappa shape index (κ1) is 15.9. The van der Waals surface area contributed by atoms with E-state index in [4.69, 9.17) is 0 Å². The summed E-state index contributed by atoms with van der Waals surface area (Å²) >= 11 is 0. The van der Waals surface area contributed by atoms with E-state index in [1.165, 1.54) is 5.56 Å². The van der Waals surface area contributed by atoms with Crippen molar-refractivity contribution >= 4 is 17.5 Å². The average Bonchev–Trinajstić information content (AvgIpc) is 3.33. The summed E-state index contributed by atoms with van der Waals surface area (Å²) in [5, 5.41) is 2.85. The molecule has 0 aliphatic carbocycles. The van der Waals surface area contributed by atoms with Crippen LogP contribution in [0.3, 0.4) is 0 Å². The third-order valence-electron chi connectivity index (χ3n) is 5.20. The molecule has 1 aromatic heterocycles. The maximum atomic E-state index is 12.6. The van der Waals surface area contributed by atoms with Gasteiger partial charge in [-0.15, -0.1) is 0 Å². The molecule has 25 heavy (non-hydrogen) atoms. The van der Waals surface area contributed by atoms with Crippen molar-refractivity contribution in [3.05, 3.63) is 53.3 Å². The number of H-pyrrole nitrogens is 1. The average molecular weight is 337 g/mol. The standard InChI is InChI=1S/C20H23N3O2/c24-19-13-15-12-14(8-9-16(15)22-19)4-1-7-20(25)23-11-3-6-18(23)17-5-2-10-21-17/h2,5,8-10,12,18,21H,1,3-4,6-7,11,13H2,(H,22,24)/t18-/m1/s1. The van der Waals surface area contributed by atoms with Crippen LogP contribution < -0.4 is 5.32 Å². The zero-order chi connectivity index (χ0) is 17.2. The number of rotatable bonds is 5. The van der Waals surface area contributed by atoms with E-state index in [9.17, 15) is 9.59 Å². The van der Waals surface area contributed by atoms with E-state index in [-0.39, 0.29) is 17.9 Å². The summed E-state index contributed by atoms with van der Waals surface area (Å²) in [5.41, 5.74) is 4.34. The summed E-state index contributed by atoms with van der Waals surface area (Å²) in [6, 6.07) is 10.4. The van der Waals surface area contributed by atoms with E-state index in [1.54, 1.807) is 0 Å². The second kappa shape index (κ2) is 6.75. The van der Waals surface area contributed by atoms with E-state index >= 15 is 0 Å². The zero-order valence-corrected chi connectivity index (χ0v) is 14.3. The SMILES string of the molecule is O=C1Cc2cc(CCCC(=O)N3CCC[C@@H]3c3ccc[nH]3)ccc2N1. The van der Waals surface area contributed by atoms with Crippen molar-refractivity contribution in [1.82, 2.24) is 9.88 Å². The number of fused-ring (bicyclic) bond motifs is 1. The highest BCUT2D eigenvalue weighted by Gasteiger charge is 2.29. The van der Waals surface area contributed by atoms with Gasteiger partial charge in [-0.3, -0.25) is 9.59 Å². The molecule has 0 spiro atoms. The van der Waals surface area contributed by atoms with E-state index in [0.29, 0.717) is 12.8 Å². The second-order valence-electron chi connectivity index (χ2n) is 6.94. The Kier molecular flexibility index (Phi) is 4.30. The lowest BCUT2D eigenvalue weighted by atomic mass is 10.0. The quantitative estimate of drug-likeness (QED) is 0.880. The van der Waals surface area contributed by atoms with Crippen LogP contribution in [0.15, 0.2) is 36.5 Å². The summed E-state index contributed by atoms with van der Waals surface area (Å²) in [6.45, 7) is 0.856. The van der Waals surface area contributed by atoms with Gasteiger partial charge in [0.1, 0.15) is 0 Å². The van der Waals surface area contributed by atoms with Gasteiger partial charge in [0.15, 0.2) is 0 Å². The number of benzene rings is 1. The van der Waals surface area contributed by atoms with Gasteiger partial charge in [-0.1, -0.05) is 12.1 Å². The molecule has 0 radical (unpaired) electrons.